The predicted molar refractivity (Wildman–Crippen MR) is 111 cm³/mol. The van der Waals surface area contributed by atoms with Crippen LogP contribution >= 0.6 is 0 Å². The molecule has 152 valence electrons. The summed E-state index contributed by atoms with van der Waals surface area (Å²) in [5.41, 5.74) is 3.84. The smallest absolute Gasteiger partial charge is 0.260 e. The van der Waals surface area contributed by atoms with E-state index in [0.717, 1.165) is 27.7 Å². The number of nitrogens with zero attached hydrogens (tertiary/aromatic N) is 4. The van der Waals surface area contributed by atoms with Gasteiger partial charge in [0.2, 0.25) is 0 Å². The van der Waals surface area contributed by atoms with Crippen LogP contribution in [0.2, 0.25) is 0 Å². The summed E-state index contributed by atoms with van der Waals surface area (Å²) in [5, 5.41) is 5.48. The molecule has 3 heterocycles. The van der Waals surface area contributed by atoms with Crippen LogP contribution in [0.1, 0.15) is 25.5 Å². The van der Waals surface area contributed by atoms with Gasteiger partial charge in [-0.25, -0.2) is 4.98 Å². The summed E-state index contributed by atoms with van der Waals surface area (Å²) in [6.07, 6.45) is 3.86. The lowest BCUT2D eigenvalue weighted by Gasteiger charge is -2.26. The predicted octanol–water partition coefficient (Wildman–Crippen LogP) is 3.23. The first kappa shape index (κ1) is 19.4. The van der Waals surface area contributed by atoms with E-state index in [2.05, 4.69) is 31.9 Å². The summed E-state index contributed by atoms with van der Waals surface area (Å²) >= 11 is 0. The van der Waals surface area contributed by atoms with Crippen molar-refractivity contribution in [1.29, 1.82) is 0 Å². The standard InChI is InChI=1S/C22H26N4O3/c1-15(2)26-13-17(12-23-26)20-10-16(3)19-5-4-18(11-21(19)24-20)29-14-22(27)25-6-8-28-9-7-25/h4-5,10-13,15H,6-9,14H2,1-3H3. The molecule has 2 aromatic heterocycles. The molecule has 0 N–H and O–H groups in total. The van der Waals surface area contributed by atoms with Gasteiger partial charge in [0.05, 0.1) is 30.6 Å². The maximum absolute atomic E-state index is 12.3. The van der Waals surface area contributed by atoms with Crippen LogP contribution in [0.5, 0.6) is 5.75 Å². The number of ether oxygens (including phenoxy) is 2. The normalized spacial score (nSPS) is 14.6. The van der Waals surface area contributed by atoms with E-state index in [-0.39, 0.29) is 12.5 Å². The molecule has 0 atom stereocenters. The minimum Gasteiger partial charge on any atom is -0.484 e. The lowest BCUT2D eigenvalue weighted by molar-refractivity contribution is -0.137. The maximum atomic E-state index is 12.3. The highest BCUT2D eigenvalue weighted by molar-refractivity contribution is 5.86. The van der Waals surface area contributed by atoms with E-state index in [1.54, 1.807) is 4.90 Å². The van der Waals surface area contributed by atoms with E-state index in [0.29, 0.717) is 38.1 Å². The molecular formula is C22H26N4O3. The fraction of sp³-hybridized carbons (Fsp3) is 0.409. The molecule has 1 amide bonds. The van der Waals surface area contributed by atoms with E-state index >= 15 is 0 Å². The van der Waals surface area contributed by atoms with Crippen molar-refractivity contribution in [3.05, 3.63) is 42.2 Å². The van der Waals surface area contributed by atoms with Crippen LogP contribution in [-0.4, -0.2) is 58.5 Å². The third kappa shape index (κ3) is 4.24. The molecule has 0 radical (unpaired) electrons. The minimum absolute atomic E-state index is 0.0192. The molecular weight excluding hydrogens is 368 g/mol. The summed E-state index contributed by atoms with van der Waals surface area (Å²) in [6, 6.07) is 8.15. The van der Waals surface area contributed by atoms with Gasteiger partial charge in [-0.3, -0.25) is 9.48 Å². The largest absolute Gasteiger partial charge is 0.484 e. The molecule has 0 unspecified atom stereocenters. The Morgan fingerprint density at radius 3 is 2.76 bits per heavy atom. The Balaban J connectivity index is 1.54. The fourth-order valence-corrected chi connectivity index (χ4v) is 3.42. The third-order valence-electron chi connectivity index (χ3n) is 5.14. The second-order valence-electron chi connectivity index (χ2n) is 7.59. The molecule has 1 aliphatic rings. The Hall–Kier alpha value is -2.93. The molecule has 1 aliphatic heterocycles. The number of carbonyl (C=O) groups is 1. The van der Waals surface area contributed by atoms with Gasteiger partial charge in [0.25, 0.3) is 5.91 Å². The van der Waals surface area contributed by atoms with E-state index < -0.39 is 0 Å². The van der Waals surface area contributed by atoms with Crippen LogP contribution < -0.4 is 4.74 Å². The number of fused-ring (bicyclic) bond motifs is 1. The third-order valence-corrected chi connectivity index (χ3v) is 5.14. The van der Waals surface area contributed by atoms with Crippen molar-refractivity contribution in [2.24, 2.45) is 0 Å². The average Bonchev–Trinajstić information content (AvgIpc) is 3.23. The zero-order chi connectivity index (χ0) is 20.4. The van der Waals surface area contributed by atoms with Gasteiger partial charge in [-0.15, -0.1) is 0 Å². The molecule has 4 rings (SSSR count). The molecule has 0 spiro atoms. The van der Waals surface area contributed by atoms with Crippen LogP contribution in [-0.2, 0) is 9.53 Å². The number of aromatic nitrogens is 3. The fourth-order valence-electron chi connectivity index (χ4n) is 3.42. The number of benzene rings is 1. The Bertz CT molecular complexity index is 1020. The quantitative estimate of drug-likeness (QED) is 0.665. The van der Waals surface area contributed by atoms with Crippen molar-refractivity contribution in [1.82, 2.24) is 19.7 Å². The van der Waals surface area contributed by atoms with Crippen LogP contribution in [0.25, 0.3) is 22.2 Å². The van der Waals surface area contributed by atoms with Crippen molar-refractivity contribution in [3.63, 3.8) is 0 Å². The van der Waals surface area contributed by atoms with Crippen LogP contribution in [0.4, 0.5) is 0 Å². The highest BCUT2D eigenvalue weighted by Crippen LogP contribution is 2.27. The Kier molecular flexibility index (Phi) is 5.49. The minimum atomic E-state index is -0.0209. The maximum Gasteiger partial charge on any atom is 0.260 e. The van der Waals surface area contributed by atoms with Crippen molar-refractivity contribution in [2.75, 3.05) is 32.9 Å². The number of morpholine rings is 1. The van der Waals surface area contributed by atoms with Gasteiger partial charge in [-0.2, -0.15) is 5.10 Å². The number of aryl methyl sites for hydroxylation is 1. The number of hydrogen-bond acceptors (Lipinski definition) is 5. The molecule has 0 bridgehead atoms. The van der Waals surface area contributed by atoms with Gasteiger partial charge in [-0.1, -0.05) is 0 Å². The van der Waals surface area contributed by atoms with Gasteiger partial charge < -0.3 is 14.4 Å². The van der Waals surface area contributed by atoms with E-state index in [9.17, 15) is 4.79 Å². The number of rotatable bonds is 5. The SMILES string of the molecule is Cc1cc(-c2cnn(C(C)C)c2)nc2cc(OCC(=O)N3CCOCC3)ccc12. The summed E-state index contributed by atoms with van der Waals surface area (Å²) in [7, 11) is 0. The molecule has 1 fully saturated rings. The average molecular weight is 394 g/mol. The summed E-state index contributed by atoms with van der Waals surface area (Å²) < 4.78 is 13.0. The first-order chi connectivity index (χ1) is 14.0. The number of pyridine rings is 1. The van der Waals surface area contributed by atoms with Gasteiger partial charge in [0, 0.05) is 42.3 Å². The molecule has 7 nitrogen and oxygen atoms in total. The highest BCUT2D eigenvalue weighted by Gasteiger charge is 2.17. The molecule has 7 heteroatoms. The summed E-state index contributed by atoms with van der Waals surface area (Å²) in [4.78, 5) is 18.9. The van der Waals surface area contributed by atoms with Crippen LogP contribution in [0.15, 0.2) is 36.7 Å². The first-order valence-corrected chi connectivity index (χ1v) is 9.95. The Morgan fingerprint density at radius 1 is 1.24 bits per heavy atom. The van der Waals surface area contributed by atoms with E-state index in [4.69, 9.17) is 14.5 Å². The molecule has 0 saturated carbocycles. The van der Waals surface area contributed by atoms with Crippen molar-refractivity contribution in [2.45, 2.75) is 26.8 Å². The van der Waals surface area contributed by atoms with Gasteiger partial charge in [0.15, 0.2) is 6.61 Å². The van der Waals surface area contributed by atoms with Crippen molar-refractivity contribution >= 4 is 16.8 Å². The van der Waals surface area contributed by atoms with E-state index in [1.165, 1.54) is 0 Å². The van der Waals surface area contributed by atoms with Gasteiger partial charge in [0.1, 0.15) is 5.75 Å². The zero-order valence-electron chi connectivity index (χ0n) is 17.1. The summed E-state index contributed by atoms with van der Waals surface area (Å²) in [6.45, 7) is 8.69. The second kappa shape index (κ2) is 8.21. The Labute approximate surface area is 170 Å². The van der Waals surface area contributed by atoms with Crippen molar-refractivity contribution < 1.29 is 14.3 Å². The molecule has 1 saturated heterocycles. The zero-order valence-corrected chi connectivity index (χ0v) is 17.1. The lowest BCUT2D eigenvalue weighted by Crippen LogP contribution is -2.42. The Morgan fingerprint density at radius 2 is 2.03 bits per heavy atom. The monoisotopic (exact) mass is 394 g/mol. The van der Waals surface area contributed by atoms with Gasteiger partial charge >= 0.3 is 0 Å². The molecule has 29 heavy (non-hydrogen) atoms. The lowest BCUT2D eigenvalue weighted by atomic mass is 10.1. The molecule has 0 aliphatic carbocycles. The second-order valence-corrected chi connectivity index (χ2v) is 7.59. The van der Waals surface area contributed by atoms with Crippen molar-refractivity contribution in [3.8, 4) is 17.0 Å². The van der Waals surface area contributed by atoms with Crippen LogP contribution in [0.3, 0.4) is 0 Å². The topological polar surface area (TPSA) is 69.5 Å². The first-order valence-electron chi connectivity index (χ1n) is 9.95. The number of hydrogen-bond donors (Lipinski definition) is 0. The van der Waals surface area contributed by atoms with Crippen LogP contribution in [0, 0.1) is 6.92 Å². The molecule has 3 aromatic rings. The van der Waals surface area contributed by atoms with Gasteiger partial charge in [-0.05, 0) is 44.5 Å². The number of carbonyl (C=O) groups excluding carboxylic acids is 1. The number of amides is 1. The summed E-state index contributed by atoms with van der Waals surface area (Å²) in [5.74, 6) is 0.619. The molecule has 1 aromatic carbocycles. The van der Waals surface area contributed by atoms with E-state index in [1.807, 2.05) is 35.3 Å². The highest BCUT2D eigenvalue weighted by atomic mass is 16.5.